The number of rotatable bonds is 4. The summed E-state index contributed by atoms with van der Waals surface area (Å²) >= 11 is 0. The van der Waals surface area contributed by atoms with Crippen molar-refractivity contribution in [3.8, 4) is 0 Å². The monoisotopic (exact) mass is 513 g/mol. The van der Waals surface area contributed by atoms with Crippen LogP contribution >= 0.6 is 0 Å². The molecule has 0 radical (unpaired) electrons. The number of alkyl carbamates (subject to hydrolysis) is 1. The molecule has 1 fully saturated rings. The number of hydrogen-bond acceptors (Lipinski definition) is 4. The number of alkyl halides is 2. The number of aryl methyl sites for hydroxylation is 1. The fourth-order valence-electron chi connectivity index (χ4n) is 5.06. The summed E-state index contributed by atoms with van der Waals surface area (Å²) in [6, 6.07) is 4.08. The van der Waals surface area contributed by atoms with E-state index in [1.54, 1.807) is 6.21 Å². The molecule has 0 aromatic heterocycles. The Kier molecular flexibility index (Phi) is 7.85. The summed E-state index contributed by atoms with van der Waals surface area (Å²) in [6.07, 6.45) is 9.43. The Bertz CT molecular complexity index is 1110. The standard InChI is InChI=1S/C29H37F2N3O3/c1-19-14-23(25-9-8-21(18-32-25)26(35)34-12-10-29(30,31)11-13-34)16-22-15-20(6-5-7-24(19)22)17-33-27(36)37-28(2,3)4/h8-9,14-16,18,21,25H,5-7,10-13,17H2,1-4H3,(H,33,36). The molecule has 0 saturated carbocycles. The molecule has 3 aliphatic rings. The summed E-state index contributed by atoms with van der Waals surface area (Å²) in [5, 5.41) is 2.87. The van der Waals surface area contributed by atoms with Gasteiger partial charge in [-0.15, -0.1) is 0 Å². The van der Waals surface area contributed by atoms with Crippen molar-refractivity contribution >= 4 is 24.3 Å². The van der Waals surface area contributed by atoms with E-state index < -0.39 is 23.5 Å². The van der Waals surface area contributed by atoms with Gasteiger partial charge < -0.3 is 15.0 Å². The maximum absolute atomic E-state index is 13.5. The van der Waals surface area contributed by atoms with Crippen molar-refractivity contribution in [2.45, 2.75) is 77.4 Å². The van der Waals surface area contributed by atoms with Crippen LogP contribution in [0.2, 0.25) is 0 Å². The van der Waals surface area contributed by atoms with Crippen LogP contribution in [0.1, 0.15) is 74.8 Å². The van der Waals surface area contributed by atoms with Crippen LogP contribution < -0.4 is 5.32 Å². The fourth-order valence-corrected chi connectivity index (χ4v) is 5.06. The van der Waals surface area contributed by atoms with Gasteiger partial charge in [-0.25, -0.2) is 13.6 Å². The summed E-state index contributed by atoms with van der Waals surface area (Å²) in [4.78, 5) is 31.1. The van der Waals surface area contributed by atoms with Gasteiger partial charge in [0.25, 0.3) is 5.92 Å². The van der Waals surface area contributed by atoms with E-state index >= 15 is 0 Å². The Hall–Kier alpha value is -3.03. The molecule has 2 aliphatic heterocycles. The molecule has 8 heteroatoms. The average molecular weight is 514 g/mol. The number of amides is 2. The largest absolute Gasteiger partial charge is 0.444 e. The second-order valence-corrected chi connectivity index (χ2v) is 11.3. The van der Waals surface area contributed by atoms with E-state index in [9.17, 15) is 18.4 Å². The van der Waals surface area contributed by atoms with Crippen LogP contribution in [0.3, 0.4) is 0 Å². The molecular formula is C29H37F2N3O3. The number of nitrogens with one attached hydrogen (secondary N) is 1. The number of likely N-dealkylation sites (tertiary alicyclic amines) is 1. The van der Waals surface area contributed by atoms with Crippen LogP contribution in [0.15, 0.2) is 34.9 Å². The molecule has 0 spiro atoms. The molecule has 37 heavy (non-hydrogen) atoms. The topological polar surface area (TPSA) is 71.0 Å². The van der Waals surface area contributed by atoms with E-state index in [4.69, 9.17) is 4.74 Å². The second kappa shape index (κ2) is 10.8. The molecule has 0 bridgehead atoms. The predicted octanol–water partition coefficient (Wildman–Crippen LogP) is 5.80. The van der Waals surface area contributed by atoms with Crippen molar-refractivity contribution in [1.82, 2.24) is 10.2 Å². The van der Waals surface area contributed by atoms with Gasteiger partial charge in [0, 0.05) is 38.7 Å². The first-order valence-electron chi connectivity index (χ1n) is 13.1. The first-order valence-corrected chi connectivity index (χ1v) is 13.1. The number of fused-ring (bicyclic) bond motifs is 1. The molecule has 2 heterocycles. The number of hydrogen-bond donors (Lipinski definition) is 1. The number of carbonyl (C=O) groups is 2. The lowest BCUT2D eigenvalue weighted by molar-refractivity contribution is -0.138. The van der Waals surface area contributed by atoms with Crippen LogP contribution in [0.5, 0.6) is 0 Å². The number of carbonyl (C=O) groups excluding carboxylic acids is 2. The molecule has 6 nitrogen and oxygen atoms in total. The predicted molar refractivity (Wildman–Crippen MR) is 141 cm³/mol. The Morgan fingerprint density at radius 1 is 1.16 bits per heavy atom. The number of nitrogens with zero attached hydrogens (tertiary/aromatic N) is 2. The second-order valence-electron chi connectivity index (χ2n) is 11.3. The zero-order valence-corrected chi connectivity index (χ0v) is 22.2. The smallest absolute Gasteiger partial charge is 0.407 e. The minimum absolute atomic E-state index is 0.0783. The SMILES string of the molecule is Cc1cc(C2C=CC(C(=O)N3CCC(F)(F)CC3)C=N2)cc2c1CCCC(CNC(=O)OC(C)(C)C)=C2. The van der Waals surface area contributed by atoms with E-state index in [0.717, 1.165) is 36.0 Å². The van der Waals surface area contributed by atoms with Crippen molar-refractivity contribution in [1.29, 1.82) is 0 Å². The van der Waals surface area contributed by atoms with E-state index in [0.29, 0.717) is 6.54 Å². The van der Waals surface area contributed by atoms with E-state index in [2.05, 4.69) is 35.4 Å². The highest BCUT2D eigenvalue weighted by Crippen LogP contribution is 2.33. The molecule has 4 rings (SSSR count). The summed E-state index contributed by atoms with van der Waals surface area (Å²) in [5.74, 6) is -3.37. The number of piperidine rings is 1. The van der Waals surface area contributed by atoms with Crippen molar-refractivity contribution in [3.05, 3.63) is 52.1 Å². The number of halogens is 2. The van der Waals surface area contributed by atoms with Gasteiger partial charge in [-0.05, 0) is 75.3 Å². The van der Waals surface area contributed by atoms with Crippen molar-refractivity contribution in [2.24, 2.45) is 10.9 Å². The van der Waals surface area contributed by atoms with Gasteiger partial charge in [0.1, 0.15) is 5.60 Å². The highest BCUT2D eigenvalue weighted by atomic mass is 19.3. The summed E-state index contributed by atoms with van der Waals surface area (Å²) < 4.78 is 32.3. The van der Waals surface area contributed by atoms with Crippen molar-refractivity contribution in [2.75, 3.05) is 19.6 Å². The minimum atomic E-state index is -2.68. The third-order valence-corrected chi connectivity index (χ3v) is 7.01. The highest BCUT2D eigenvalue weighted by molar-refractivity contribution is 5.96. The van der Waals surface area contributed by atoms with Gasteiger partial charge in [0.15, 0.2) is 0 Å². The van der Waals surface area contributed by atoms with Crippen molar-refractivity contribution in [3.63, 3.8) is 0 Å². The number of dihydropyridines is 1. The van der Waals surface area contributed by atoms with Crippen LogP contribution in [0, 0.1) is 12.8 Å². The van der Waals surface area contributed by atoms with Gasteiger partial charge in [-0.2, -0.15) is 0 Å². The first kappa shape index (κ1) is 27.0. The average Bonchev–Trinajstić information content (AvgIpc) is 3.04. The molecule has 1 N–H and O–H groups in total. The number of ether oxygens (including phenoxy) is 1. The molecule has 200 valence electrons. The zero-order valence-electron chi connectivity index (χ0n) is 22.2. The quantitative estimate of drug-likeness (QED) is 0.518. The third kappa shape index (κ3) is 7.05. The molecule has 2 amide bonds. The lowest BCUT2D eigenvalue weighted by Crippen LogP contribution is -2.45. The van der Waals surface area contributed by atoms with Crippen LogP contribution in [-0.2, 0) is 16.0 Å². The fraction of sp³-hybridized carbons (Fsp3) is 0.552. The maximum Gasteiger partial charge on any atom is 0.407 e. The Labute approximate surface area is 217 Å². The molecule has 2 unspecified atom stereocenters. The normalized spacial score (nSPS) is 23.1. The highest BCUT2D eigenvalue weighted by Gasteiger charge is 2.37. The minimum Gasteiger partial charge on any atom is -0.444 e. The summed E-state index contributed by atoms with van der Waals surface area (Å²) in [5.41, 5.74) is 5.26. The van der Waals surface area contributed by atoms with Crippen LogP contribution in [0.4, 0.5) is 13.6 Å². The van der Waals surface area contributed by atoms with E-state index in [1.807, 2.05) is 32.9 Å². The van der Waals surface area contributed by atoms with E-state index in [1.165, 1.54) is 16.0 Å². The van der Waals surface area contributed by atoms with E-state index in [-0.39, 0.29) is 37.9 Å². The maximum atomic E-state index is 13.5. The first-order chi connectivity index (χ1) is 17.4. The number of aliphatic imine (C=N–C) groups is 1. The lowest BCUT2D eigenvalue weighted by Gasteiger charge is -2.33. The van der Waals surface area contributed by atoms with Crippen LogP contribution in [-0.4, -0.2) is 54.3 Å². The lowest BCUT2D eigenvalue weighted by atomic mass is 9.92. The molecule has 1 aromatic carbocycles. The molecule has 2 atom stereocenters. The van der Waals surface area contributed by atoms with Gasteiger partial charge in [-0.3, -0.25) is 9.79 Å². The van der Waals surface area contributed by atoms with Gasteiger partial charge in [0.2, 0.25) is 5.91 Å². The Morgan fingerprint density at radius 3 is 2.54 bits per heavy atom. The zero-order chi connectivity index (χ0) is 26.8. The number of benzene rings is 1. The summed E-state index contributed by atoms with van der Waals surface area (Å²) in [6.45, 7) is 8.22. The third-order valence-electron chi connectivity index (χ3n) is 7.01. The molecule has 1 saturated heterocycles. The Balaban J connectivity index is 1.44. The van der Waals surface area contributed by atoms with Gasteiger partial charge >= 0.3 is 6.09 Å². The Morgan fingerprint density at radius 2 is 1.89 bits per heavy atom. The van der Waals surface area contributed by atoms with Gasteiger partial charge in [-0.1, -0.05) is 29.9 Å². The van der Waals surface area contributed by atoms with Crippen molar-refractivity contribution < 1.29 is 23.1 Å². The molecule has 1 aromatic rings. The van der Waals surface area contributed by atoms with Gasteiger partial charge in [0.05, 0.1) is 12.0 Å². The van der Waals surface area contributed by atoms with Crippen LogP contribution in [0.25, 0.3) is 6.08 Å². The molecular weight excluding hydrogens is 476 g/mol. The molecule has 1 aliphatic carbocycles. The summed E-state index contributed by atoms with van der Waals surface area (Å²) in [7, 11) is 0.